The Morgan fingerprint density at radius 1 is 1.19 bits per heavy atom. The van der Waals surface area contributed by atoms with Crippen molar-refractivity contribution in [1.82, 2.24) is 4.98 Å². The van der Waals surface area contributed by atoms with Gasteiger partial charge in [0.15, 0.2) is 0 Å². The van der Waals surface area contributed by atoms with Crippen LogP contribution in [0.5, 0.6) is 11.6 Å². The first-order valence-electron chi connectivity index (χ1n) is 7.26. The Hall–Kier alpha value is -2.07. The summed E-state index contributed by atoms with van der Waals surface area (Å²) in [5.41, 5.74) is 8.47. The van der Waals surface area contributed by atoms with Gasteiger partial charge in [0.2, 0.25) is 5.88 Å². The number of hydrogen-bond acceptors (Lipinski definition) is 4. The third kappa shape index (κ3) is 3.73. The Kier molecular flexibility index (Phi) is 4.06. The van der Waals surface area contributed by atoms with Gasteiger partial charge in [-0.05, 0) is 42.5 Å². The van der Waals surface area contributed by atoms with Crippen LogP contribution in [0.4, 0.5) is 0 Å². The number of nitrogens with zero attached hydrogens (tertiary/aromatic N) is 1. The summed E-state index contributed by atoms with van der Waals surface area (Å²) in [6.45, 7) is 0. The van der Waals surface area contributed by atoms with Crippen molar-refractivity contribution in [1.29, 1.82) is 0 Å². The van der Waals surface area contributed by atoms with Crippen LogP contribution < -0.4 is 15.2 Å². The van der Waals surface area contributed by atoms with Crippen molar-refractivity contribution < 1.29 is 9.47 Å². The van der Waals surface area contributed by atoms with Gasteiger partial charge in [-0.3, -0.25) is 0 Å². The molecule has 4 nitrogen and oxygen atoms in total. The van der Waals surface area contributed by atoms with E-state index in [1.165, 1.54) is 12.8 Å². The van der Waals surface area contributed by atoms with Gasteiger partial charge in [0, 0.05) is 18.3 Å². The minimum atomic E-state index is -0.0461. The number of methoxy groups -OCH3 is 1. The Labute approximate surface area is 124 Å². The first-order valence-corrected chi connectivity index (χ1v) is 7.26. The van der Waals surface area contributed by atoms with Crippen molar-refractivity contribution in [2.45, 2.75) is 31.4 Å². The normalized spacial score (nSPS) is 15.5. The third-order valence-electron chi connectivity index (χ3n) is 3.60. The van der Waals surface area contributed by atoms with Crippen LogP contribution in [0.1, 0.15) is 30.0 Å². The van der Waals surface area contributed by atoms with Crippen LogP contribution in [0, 0.1) is 0 Å². The van der Waals surface area contributed by atoms with Crippen LogP contribution in [-0.2, 0) is 6.42 Å². The molecule has 0 radical (unpaired) electrons. The first-order chi connectivity index (χ1) is 10.2. The van der Waals surface area contributed by atoms with Gasteiger partial charge in [-0.1, -0.05) is 18.2 Å². The van der Waals surface area contributed by atoms with Crippen molar-refractivity contribution in [2.24, 2.45) is 5.73 Å². The van der Waals surface area contributed by atoms with E-state index in [1.54, 1.807) is 7.11 Å². The van der Waals surface area contributed by atoms with Gasteiger partial charge in [0.1, 0.15) is 5.75 Å². The van der Waals surface area contributed by atoms with E-state index in [0.29, 0.717) is 12.0 Å². The van der Waals surface area contributed by atoms with Gasteiger partial charge in [0.25, 0.3) is 0 Å². The minimum Gasteiger partial charge on any atom is -0.490 e. The topological polar surface area (TPSA) is 57.4 Å². The van der Waals surface area contributed by atoms with Gasteiger partial charge in [-0.2, -0.15) is 0 Å². The molecule has 1 aromatic carbocycles. The van der Waals surface area contributed by atoms with Gasteiger partial charge in [-0.15, -0.1) is 0 Å². The molecule has 1 aliphatic rings. The van der Waals surface area contributed by atoms with E-state index in [9.17, 15) is 0 Å². The second-order valence-electron chi connectivity index (χ2n) is 5.41. The number of hydrogen-bond donors (Lipinski definition) is 1. The summed E-state index contributed by atoms with van der Waals surface area (Å²) in [6.07, 6.45) is 5.33. The summed E-state index contributed by atoms with van der Waals surface area (Å²) < 4.78 is 10.8. The lowest BCUT2D eigenvalue weighted by Gasteiger charge is -2.13. The number of benzene rings is 1. The zero-order valence-electron chi connectivity index (χ0n) is 12.2. The monoisotopic (exact) mass is 284 g/mol. The summed E-state index contributed by atoms with van der Waals surface area (Å²) >= 11 is 0. The summed E-state index contributed by atoms with van der Waals surface area (Å²) in [5.74, 6) is 1.55. The Morgan fingerprint density at radius 2 is 1.95 bits per heavy atom. The van der Waals surface area contributed by atoms with Gasteiger partial charge < -0.3 is 15.2 Å². The molecule has 1 atom stereocenters. The highest BCUT2D eigenvalue weighted by Gasteiger charge is 2.23. The molecule has 2 aromatic rings. The average Bonchev–Trinajstić information content (AvgIpc) is 3.33. The third-order valence-corrected chi connectivity index (χ3v) is 3.60. The molecule has 0 bridgehead atoms. The van der Waals surface area contributed by atoms with E-state index in [0.717, 1.165) is 23.3 Å². The second kappa shape index (κ2) is 6.14. The van der Waals surface area contributed by atoms with Crippen LogP contribution in [-0.4, -0.2) is 18.2 Å². The molecule has 1 aromatic heterocycles. The van der Waals surface area contributed by atoms with E-state index < -0.39 is 0 Å². The van der Waals surface area contributed by atoms with Crippen LogP contribution in [0.15, 0.2) is 42.6 Å². The molecule has 2 N–H and O–H groups in total. The van der Waals surface area contributed by atoms with Crippen LogP contribution >= 0.6 is 0 Å². The lowest BCUT2D eigenvalue weighted by molar-refractivity contribution is 0.303. The van der Waals surface area contributed by atoms with Gasteiger partial charge in [-0.25, -0.2) is 4.98 Å². The molecule has 0 spiro atoms. The first kappa shape index (κ1) is 13.9. The van der Waals surface area contributed by atoms with Crippen molar-refractivity contribution >= 4 is 0 Å². The average molecular weight is 284 g/mol. The summed E-state index contributed by atoms with van der Waals surface area (Å²) in [7, 11) is 1.61. The molecule has 0 amide bonds. The highest BCUT2D eigenvalue weighted by molar-refractivity contribution is 5.30. The van der Waals surface area contributed by atoms with E-state index in [4.69, 9.17) is 15.2 Å². The highest BCUT2D eigenvalue weighted by atomic mass is 16.5. The quantitative estimate of drug-likeness (QED) is 0.886. The minimum absolute atomic E-state index is 0.0461. The predicted molar refractivity (Wildman–Crippen MR) is 81.5 cm³/mol. The maximum absolute atomic E-state index is 6.26. The standard InChI is InChI=1S/C17H20N2O2/c1-20-17-9-2-12(11-19-17)10-16(18)13-3-5-14(6-4-13)21-15-7-8-15/h2-6,9,11,15-16H,7-8,10,18H2,1H3. The zero-order chi connectivity index (χ0) is 14.7. The number of aromatic nitrogens is 1. The zero-order valence-corrected chi connectivity index (χ0v) is 12.2. The van der Waals surface area contributed by atoms with Gasteiger partial charge in [0.05, 0.1) is 13.2 Å². The molecule has 4 heteroatoms. The molecule has 1 unspecified atom stereocenters. The molecule has 0 aliphatic heterocycles. The lowest BCUT2D eigenvalue weighted by atomic mass is 10.0. The fourth-order valence-electron chi connectivity index (χ4n) is 2.20. The van der Waals surface area contributed by atoms with Crippen LogP contribution in [0.25, 0.3) is 0 Å². The predicted octanol–water partition coefficient (Wildman–Crippen LogP) is 2.87. The summed E-state index contributed by atoms with van der Waals surface area (Å²) in [5, 5.41) is 0. The number of rotatable bonds is 6. The van der Waals surface area contributed by atoms with Crippen molar-refractivity contribution in [3.63, 3.8) is 0 Å². The Balaban J connectivity index is 1.61. The summed E-state index contributed by atoms with van der Waals surface area (Å²) in [4.78, 5) is 4.20. The Bertz CT molecular complexity index is 577. The molecule has 1 fully saturated rings. The number of ether oxygens (including phenoxy) is 2. The fraction of sp³-hybridized carbons (Fsp3) is 0.353. The molecule has 1 aliphatic carbocycles. The van der Waals surface area contributed by atoms with Crippen LogP contribution in [0.3, 0.4) is 0 Å². The van der Waals surface area contributed by atoms with E-state index in [1.807, 2.05) is 42.6 Å². The lowest BCUT2D eigenvalue weighted by Crippen LogP contribution is -2.13. The van der Waals surface area contributed by atoms with Crippen molar-refractivity contribution in [3.8, 4) is 11.6 Å². The van der Waals surface area contributed by atoms with E-state index in [-0.39, 0.29) is 6.04 Å². The van der Waals surface area contributed by atoms with Crippen molar-refractivity contribution in [3.05, 3.63) is 53.7 Å². The van der Waals surface area contributed by atoms with E-state index >= 15 is 0 Å². The molecular formula is C17H20N2O2. The molecule has 21 heavy (non-hydrogen) atoms. The van der Waals surface area contributed by atoms with E-state index in [2.05, 4.69) is 4.98 Å². The highest BCUT2D eigenvalue weighted by Crippen LogP contribution is 2.27. The summed E-state index contributed by atoms with van der Waals surface area (Å²) in [6, 6.07) is 11.9. The molecule has 110 valence electrons. The smallest absolute Gasteiger partial charge is 0.212 e. The molecule has 0 saturated heterocycles. The van der Waals surface area contributed by atoms with Gasteiger partial charge >= 0.3 is 0 Å². The molecule has 1 saturated carbocycles. The Morgan fingerprint density at radius 3 is 2.52 bits per heavy atom. The van der Waals surface area contributed by atoms with Crippen LogP contribution in [0.2, 0.25) is 0 Å². The fourth-order valence-corrected chi connectivity index (χ4v) is 2.20. The largest absolute Gasteiger partial charge is 0.490 e. The van der Waals surface area contributed by atoms with Crippen molar-refractivity contribution in [2.75, 3.05) is 7.11 Å². The molecular weight excluding hydrogens is 264 g/mol. The molecule has 1 heterocycles. The second-order valence-corrected chi connectivity index (χ2v) is 5.41. The molecule has 3 rings (SSSR count). The maximum Gasteiger partial charge on any atom is 0.212 e. The maximum atomic E-state index is 6.26. The SMILES string of the molecule is COc1ccc(CC(N)c2ccc(OC3CC3)cc2)cn1. The number of nitrogens with two attached hydrogens (primary N) is 1. The number of pyridine rings is 1.